The van der Waals surface area contributed by atoms with Crippen LogP contribution in [0, 0.1) is 0 Å². The summed E-state index contributed by atoms with van der Waals surface area (Å²) in [7, 11) is -3.00. The molecule has 1 N–H and O–H groups in total. The summed E-state index contributed by atoms with van der Waals surface area (Å²) in [5.74, 6) is 0.224. The van der Waals surface area contributed by atoms with Crippen LogP contribution in [0.2, 0.25) is 0 Å². The van der Waals surface area contributed by atoms with Crippen molar-refractivity contribution in [2.75, 3.05) is 25.4 Å². The second kappa shape index (κ2) is 6.14. The van der Waals surface area contributed by atoms with Gasteiger partial charge in [-0.25, -0.2) is 12.7 Å². The van der Waals surface area contributed by atoms with Crippen LogP contribution in [0.15, 0.2) is 0 Å². The maximum absolute atomic E-state index is 11.9. The SMILES string of the molecule is CCS(=O)(=O)N1CCC(NC2CC(C)N(C3CC3)C2)CC1. The number of nitrogens with one attached hydrogen (secondary N) is 1. The number of piperidine rings is 1. The van der Waals surface area contributed by atoms with Crippen molar-refractivity contribution in [2.24, 2.45) is 0 Å². The van der Waals surface area contributed by atoms with Crippen LogP contribution in [0.5, 0.6) is 0 Å². The number of likely N-dealkylation sites (tertiary alicyclic amines) is 1. The van der Waals surface area contributed by atoms with Gasteiger partial charge in [0.1, 0.15) is 0 Å². The lowest BCUT2D eigenvalue weighted by Gasteiger charge is -2.33. The summed E-state index contributed by atoms with van der Waals surface area (Å²) in [6.07, 6.45) is 5.90. The second-order valence-corrected chi connectivity index (χ2v) is 9.21. The summed E-state index contributed by atoms with van der Waals surface area (Å²) >= 11 is 0. The molecule has 0 bridgehead atoms. The molecule has 0 spiro atoms. The van der Waals surface area contributed by atoms with Crippen molar-refractivity contribution in [1.82, 2.24) is 14.5 Å². The molecule has 0 aromatic carbocycles. The van der Waals surface area contributed by atoms with Crippen LogP contribution >= 0.6 is 0 Å². The van der Waals surface area contributed by atoms with Crippen LogP contribution in [-0.4, -0.2) is 67.2 Å². The number of rotatable bonds is 5. The van der Waals surface area contributed by atoms with Gasteiger partial charge < -0.3 is 5.32 Å². The van der Waals surface area contributed by atoms with Crippen molar-refractivity contribution < 1.29 is 8.42 Å². The molecule has 2 heterocycles. The highest BCUT2D eigenvalue weighted by molar-refractivity contribution is 7.89. The maximum Gasteiger partial charge on any atom is 0.213 e. The van der Waals surface area contributed by atoms with Crippen molar-refractivity contribution in [3.8, 4) is 0 Å². The first-order valence-electron chi connectivity index (χ1n) is 8.49. The minimum Gasteiger partial charge on any atom is -0.310 e. The third kappa shape index (κ3) is 3.60. The number of hydrogen-bond donors (Lipinski definition) is 1. The molecule has 3 aliphatic rings. The molecule has 0 aromatic rings. The Morgan fingerprint density at radius 1 is 1.10 bits per heavy atom. The molecule has 1 saturated carbocycles. The second-order valence-electron chi connectivity index (χ2n) is 6.95. The van der Waals surface area contributed by atoms with Crippen LogP contribution in [0.25, 0.3) is 0 Å². The molecule has 3 fully saturated rings. The average molecular weight is 315 g/mol. The minimum atomic E-state index is -3.00. The number of hydrogen-bond acceptors (Lipinski definition) is 4. The van der Waals surface area contributed by atoms with E-state index >= 15 is 0 Å². The lowest BCUT2D eigenvalue weighted by atomic mass is 10.0. The summed E-state index contributed by atoms with van der Waals surface area (Å²) in [6, 6.07) is 2.64. The Kier molecular flexibility index (Phi) is 4.60. The molecule has 0 radical (unpaired) electrons. The quantitative estimate of drug-likeness (QED) is 0.823. The van der Waals surface area contributed by atoms with Gasteiger partial charge in [0.25, 0.3) is 0 Å². The monoisotopic (exact) mass is 315 g/mol. The van der Waals surface area contributed by atoms with E-state index in [0.717, 1.165) is 18.9 Å². The summed E-state index contributed by atoms with van der Waals surface area (Å²) < 4.78 is 25.4. The highest BCUT2D eigenvalue weighted by Gasteiger charge is 2.39. The Balaban J connectivity index is 1.45. The summed E-state index contributed by atoms with van der Waals surface area (Å²) in [5, 5.41) is 3.79. The Morgan fingerprint density at radius 3 is 2.33 bits per heavy atom. The van der Waals surface area contributed by atoms with E-state index in [0.29, 0.717) is 31.2 Å². The van der Waals surface area contributed by atoms with Gasteiger partial charge in [0, 0.05) is 43.8 Å². The number of nitrogens with zero attached hydrogens (tertiary/aromatic N) is 2. The smallest absolute Gasteiger partial charge is 0.213 e. The number of sulfonamides is 1. The molecule has 6 heteroatoms. The topological polar surface area (TPSA) is 52.7 Å². The molecule has 2 unspecified atom stereocenters. The van der Waals surface area contributed by atoms with Gasteiger partial charge in [-0.3, -0.25) is 4.90 Å². The zero-order valence-corrected chi connectivity index (χ0v) is 14.1. The van der Waals surface area contributed by atoms with E-state index in [1.165, 1.54) is 25.8 Å². The fraction of sp³-hybridized carbons (Fsp3) is 1.00. The fourth-order valence-electron chi connectivity index (χ4n) is 3.91. The highest BCUT2D eigenvalue weighted by atomic mass is 32.2. The largest absolute Gasteiger partial charge is 0.310 e. The first kappa shape index (κ1) is 15.7. The van der Waals surface area contributed by atoms with E-state index < -0.39 is 10.0 Å². The van der Waals surface area contributed by atoms with Gasteiger partial charge in [0.15, 0.2) is 0 Å². The first-order valence-corrected chi connectivity index (χ1v) is 10.1. The van der Waals surface area contributed by atoms with Gasteiger partial charge in [-0.15, -0.1) is 0 Å². The standard InChI is InChI=1S/C15H29N3O2S/c1-3-21(19,20)17-8-6-13(7-9-17)16-14-10-12(2)18(11-14)15-4-5-15/h12-16H,3-11H2,1-2H3. The van der Waals surface area contributed by atoms with E-state index in [4.69, 9.17) is 0 Å². The van der Waals surface area contributed by atoms with Crippen molar-refractivity contribution in [2.45, 2.75) is 70.1 Å². The van der Waals surface area contributed by atoms with Crippen molar-refractivity contribution in [1.29, 1.82) is 0 Å². The van der Waals surface area contributed by atoms with E-state index in [-0.39, 0.29) is 5.75 Å². The van der Waals surface area contributed by atoms with Crippen molar-refractivity contribution in [3.05, 3.63) is 0 Å². The molecule has 1 aliphatic carbocycles. The van der Waals surface area contributed by atoms with Crippen LogP contribution in [0.3, 0.4) is 0 Å². The Labute approximate surface area is 129 Å². The molecular weight excluding hydrogens is 286 g/mol. The molecule has 2 atom stereocenters. The van der Waals surface area contributed by atoms with Gasteiger partial charge in [-0.1, -0.05) is 0 Å². The zero-order chi connectivity index (χ0) is 15.0. The molecule has 0 aromatic heterocycles. The average Bonchev–Trinajstić information content (AvgIpc) is 3.24. The summed E-state index contributed by atoms with van der Waals surface area (Å²) in [4.78, 5) is 2.66. The molecule has 2 aliphatic heterocycles. The third-order valence-corrected chi connectivity index (χ3v) is 7.20. The Morgan fingerprint density at radius 2 is 1.76 bits per heavy atom. The minimum absolute atomic E-state index is 0.224. The van der Waals surface area contributed by atoms with Crippen LogP contribution in [0.1, 0.15) is 46.0 Å². The first-order chi connectivity index (χ1) is 9.99. The predicted octanol–water partition coefficient (Wildman–Crippen LogP) is 1.02. The van der Waals surface area contributed by atoms with Crippen LogP contribution in [-0.2, 0) is 10.0 Å². The third-order valence-electron chi connectivity index (χ3n) is 5.32. The summed E-state index contributed by atoms with van der Waals surface area (Å²) in [6.45, 7) is 6.62. The molecule has 21 heavy (non-hydrogen) atoms. The predicted molar refractivity (Wildman–Crippen MR) is 84.8 cm³/mol. The lowest BCUT2D eigenvalue weighted by molar-refractivity contribution is 0.246. The van der Waals surface area contributed by atoms with Gasteiger partial charge in [-0.05, 0) is 46.0 Å². The molecule has 2 saturated heterocycles. The zero-order valence-electron chi connectivity index (χ0n) is 13.3. The molecule has 3 rings (SSSR count). The normalized spacial score (nSPS) is 33.6. The Bertz CT molecular complexity index is 456. The maximum atomic E-state index is 11.9. The van der Waals surface area contributed by atoms with E-state index in [9.17, 15) is 8.42 Å². The molecule has 122 valence electrons. The van der Waals surface area contributed by atoms with Gasteiger partial charge >= 0.3 is 0 Å². The summed E-state index contributed by atoms with van der Waals surface area (Å²) in [5.41, 5.74) is 0. The van der Waals surface area contributed by atoms with E-state index in [1.54, 1.807) is 11.2 Å². The molecule has 5 nitrogen and oxygen atoms in total. The van der Waals surface area contributed by atoms with Gasteiger partial charge in [-0.2, -0.15) is 0 Å². The van der Waals surface area contributed by atoms with E-state index in [2.05, 4.69) is 17.1 Å². The molecular formula is C15H29N3O2S. The van der Waals surface area contributed by atoms with Gasteiger partial charge in [0.05, 0.1) is 5.75 Å². The molecule has 0 amide bonds. The lowest BCUT2D eigenvalue weighted by Crippen LogP contribution is -2.48. The van der Waals surface area contributed by atoms with Crippen LogP contribution < -0.4 is 5.32 Å². The fourth-order valence-corrected chi connectivity index (χ4v) is 5.04. The van der Waals surface area contributed by atoms with Crippen molar-refractivity contribution in [3.63, 3.8) is 0 Å². The highest BCUT2D eigenvalue weighted by Crippen LogP contribution is 2.33. The van der Waals surface area contributed by atoms with E-state index in [1.807, 2.05) is 0 Å². The van der Waals surface area contributed by atoms with Crippen LogP contribution in [0.4, 0.5) is 0 Å². The van der Waals surface area contributed by atoms with Crippen molar-refractivity contribution >= 4 is 10.0 Å². The Hall–Kier alpha value is -0.170. The van der Waals surface area contributed by atoms with Gasteiger partial charge in [0.2, 0.25) is 10.0 Å².